The molecule has 0 saturated heterocycles. The van der Waals surface area contributed by atoms with E-state index < -0.39 is 0 Å². The number of hydrogen-bond donors (Lipinski definition) is 4. The minimum atomic E-state index is -0.195. The van der Waals surface area contributed by atoms with Crippen LogP contribution in [-0.2, 0) is 14.4 Å². The van der Waals surface area contributed by atoms with E-state index in [2.05, 4.69) is 21.3 Å². The maximum absolute atomic E-state index is 12.3. The average Bonchev–Trinajstić information content (AvgIpc) is 3.49. The van der Waals surface area contributed by atoms with Crippen LogP contribution in [0.5, 0.6) is 0 Å². The van der Waals surface area contributed by atoms with Crippen molar-refractivity contribution in [1.82, 2.24) is 0 Å². The van der Waals surface area contributed by atoms with Crippen LogP contribution in [0.3, 0.4) is 0 Å². The van der Waals surface area contributed by atoms with Gasteiger partial charge >= 0.3 is 0 Å². The molecule has 146 valence electrons. The summed E-state index contributed by atoms with van der Waals surface area (Å²) in [5.41, 5.74) is 3.68. The summed E-state index contributed by atoms with van der Waals surface area (Å²) in [6.07, 6.45) is 1.89. The van der Waals surface area contributed by atoms with Gasteiger partial charge in [0.05, 0.1) is 6.54 Å². The number of nitrogens with one attached hydrogen (secondary N) is 4. The summed E-state index contributed by atoms with van der Waals surface area (Å²) < 4.78 is 0. The average molecular weight is 380 g/mol. The van der Waals surface area contributed by atoms with E-state index in [-0.39, 0.29) is 30.2 Å². The lowest BCUT2D eigenvalue weighted by atomic mass is 10.1. The van der Waals surface area contributed by atoms with Gasteiger partial charge in [0.15, 0.2) is 0 Å². The van der Waals surface area contributed by atoms with Gasteiger partial charge in [0.25, 0.3) is 0 Å². The molecule has 3 amide bonds. The van der Waals surface area contributed by atoms with Gasteiger partial charge in [-0.15, -0.1) is 0 Å². The lowest BCUT2D eigenvalue weighted by Crippen LogP contribution is -2.22. The molecule has 28 heavy (non-hydrogen) atoms. The summed E-state index contributed by atoms with van der Waals surface area (Å²) >= 11 is 0. The Hall–Kier alpha value is -3.35. The summed E-state index contributed by atoms with van der Waals surface area (Å²) in [5.74, 6) is -0.166. The molecule has 0 bridgehead atoms. The van der Waals surface area contributed by atoms with Crippen molar-refractivity contribution in [2.45, 2.75) is 26.7 Å². The van der Waals surface area contributed by atoms with Crippen molar-refractivity contribution in [2.75, 3.05) is 27.8 Å². The van der Waals surface area contributed by atoms with E-state index in [0.29, 0.717) is 11.4 Å². The molecular formula is C21H24N4O3. The predicted octanol–water partition coefficient (Wildman–Crippen LogP) is 3.35. The van der Waals surface area contributed by atoms with Crippen LogP contribution >= 0.6 is 0 Å². The van der Waals surface area contributed by atoms with Gasteiger partial charge in [0.2, 0.25) is 17.7 Å². The highest BCUT2D eigenvalue weighted by Crippen LogP contribution is 2.31. The maximum atomic E-state index is 12.3. The zero-order chi connectivity index (χ0) is 20.1. The smallest absolute Gasteiger partial charge is 0.243 e. The maximum Gasteiger partial charge on any atom is 0.243 e. The molecule has 7 nitrogen and oxygen atoms in total. The Balaban J connectivity index is 1.54. The van der Waals surface area contributed by atoms with E-state index in [1.165, 1.54) is 6.92 Å². The van der Waals surface area contributed by atoms with Crippen LogP contribution in [0.4, 0.5) is 22.7 Å². The molecule has 2 aromatic carbocycles. The van der Waals surface area contributed by atoms with Gasteiger partial charge in [-0.1, -0.05) is 6.07 Å². The van der Waals surface area contributed by atoms with Crippen LogP contribution in [0.1, 0.15) is 25.3 Å². The third-order valence-electron chi connectivity index (χ3n) is 4.47. The molecule has 1 aliphatic rings. The highest BCUT2D eigenvalue weighted by atomic mass is 16.2. The second-order valence-corrected chi connectivity index (χ2v) is 6.90. The molecule has 3 rings (SSSR count). The molecule has 0 aromatic heterocycles. The minimum absolute atomic E-state index is 0.0379. The first-order valence-electron chi connectivity index (χ1n) is 9.24. The van der Waals surface area contributed by atoms with E-state index in [1.54, 1.807) is 30.3 Å². The lowest BCUT2D eigenvalue weighted by molar-refractivity contribution is -0.117. The number of amides is 3. The molecule has 2 aromatic rings. The quantitative estimate of drug-likeness (QED) is 0.592. The molecule has 0 heterocycles. The number of carbonyl (C=O) groups is 3. The molecule has 0 aliphatic heterocycles. The molecule has 0 atom stereocenters. The van der Waals surface area contributed by atoms with E-state index in [0.717, 1.165) is 29.8 Å². The van der Waals surface area contributed by atoms with Gasteiger partial charge in [0.1, 0.15) is 0 Å². The fourth-order valence-electron chi connectivity index (χ4n) is 2.74. The molecule has 0 spiro atoms. The zero-order valence-electron chi connectivity index (χ0n) is 16.0. The summed E-state index contributed by atoms with van der Waals surface area (Å²) in [6.45, 7) is 3.41. The number of rotatable bonds is 7. The summed E-state index contributed by atoms with van der Waals surface area (Å²) in [5, 5.41) is 11.5. The highest BCUT2D eigenvalue weighted by molar-refractivity contribution is 5.98. The Morgan fingerprint density at radius 3 is 2.11 bits per heavy atom. The van der Waals surface area contributed by atoms with Crippen molar-refractivity contribution in [2.24, 2.45) is 5.92 Å². The van der Waals surface area contributed by atoms with Gasteiger partial charge in [-0.05, 0) is 61.7 Å². The third-order valence-corrected chi connectivity index (χ3v) is 4.47. The first kappa shape index (κ1) is 19.4. The van der Waals surface area contributed by atoms with Crippen LogP contribution < -0.4 is 21.3 Å². The predicted molar refractivity (Wildman–Crippen MR) is 110 cm³/mol. The van der Waals surface area contributed by atoms with Gasteiger partial charge < -0.3 is 21.3 Å². The van der Waals surface area contributed by atoms with Crippen molar-refractivity contribution in [3.8, 4) is 0 Å². The van der Waals surface area contributed by atoms with Crippen molar-refractivity contribution in [3.63, 3.8) is 0 Å². The SMILES string of the molecule is CC(=O)Nc1ccc(NCC(=O)Nc2cccc(NC(=O)C3CC3)c2C)cc1. The molecule has 0 radical (unpaired) electrons. The highest BCUT2D eigenvalue weighted by Gasteiger charge is 2.29. The number of carbonyl (C=O) groups excluding carboxylic acids is 3. The Kier molecular flexibility index (Phi) is 5.93. The summed E-state index contributed by atoms with van der Waals surface area (Å²) in [4.78, 5) is 35.3. The van der Waals surface area contributed by atoms with Crippen molar-refractivity contribution in [3.05, 3.63) is 48.0 Å². The Morgan fingerprint density at radius 1 is 0.893 bits per heavy atom. The minimum Gasteiger partial charge on any atom is -0.376 e. The van der Waals surface area contributed by atoms with Crippen molar-refractivity contribution >= 4 is 40.5 Å². The third kappa shape index (κ3) is 5.33. The van der Waals surface area contributed by atoms with Crippen LogP contribution in [0.15, 0.2) is 42.5 Å². The topological polar surface area (TPSA) is 99.3 Å². The van der Waals surface area contributed by atoms with Crippen LogP contribution in [-0.4, -0.2) is 24.3 Å². The first-order chi connectivity index (χ1) is 13.4. The number of benzene rings is 2. The van der Waals surface area contributed by atoms with Crippen LogP contribution in [0, 0.1) is 12.8 Å². The largest absolute Gasteiger partial charge is 0.376 e. The van der Waals surface area contributed by atoms with E-state index in [9.17, 15) is 14.4 Å². The Labute approximate surface area is 163 Å². The first-order valence-corrected chi connectivity index (χ1v) is 9.24. The van der Waals surface area contributed by atoms with Gasteiger partial charge in [-0.2, -0.15) is 0 Å². The summed E-state index contributed by atoms with van der Waals surface area (Å²) in [7, 11) is 0. The summed E-state index contributed by atoms with van der Waals surface area (Å²) in [6, 6.07) is 12.5. The van der Waals surface area contributed by atoms with E-state index >= 15 is 0 Å². The van der Waals surface area contributed by atoms with Gasteiger partial charge in [0, 0.05) is 35.6 Å². The molecule has 1 fully saturated rings. The van der Waals surface area contributed by atoms with Gasteiger partial charge in [-0.25, -0.2) is 0 Å². The van der Waals surface area contributed by atoms with E-state index in [4.69, 9.17) is 0 Å². The zero-order valence-corrected chi connectivity index (χ0v) is 16.0. The molecular weight excluding hydrogens is 356 g/mol. The molecule has 7 heteroatoms. The standard InChI is InChI=1S/C21H24N4O3/c1-13-18(4-3-5-19(13)25-21(28)15-6-7-15)24-20(27)12-22-16-8-10-17(11-9-16)23-14(2)26/h3-5,8-11,15,22H,6-7,12H2,1-2H3,(H,23,26)(H,24,27)(H,25,28). The second-order valence-electron chi connectivity index (χ2n) is 6.90. The molecule has 1 saturated carbocycles. The van der Waals surface area contributed by atoms with E-state index in [1.807, 2.05) is 19.1 Å². The molecule has 0 unspecified atom stereocenters. The fraction of sp³-hybridized carbons (Fsp3) is 0.286. The van der Waals surface area contributed by atoms with Crippen LogP contribution in [0.25, 0.3) is 0 Å². The van der Waals surface area contributed by atoms with Crippen molar-refractivity contribution < 1.29 is 14.4 Å². The number of anilines is 4. The lowest BCUT2D eigenvalue weighted by Gasteiger charge is -2.14. The van der Waals surface area contributed by atoms with Crippen molar-refractivity contribution in [1.29, 1.82) is 0 Å². The molecule has 1 aliphatic carbocycles. The number of hydrogen-bond acceptors (Lipinski definition) is 4. The van der Waals surface area contributed by atoms with Crippen LogP contribution in [0.2, 0.25) is 0 Å². The Bertz CT molecular complexity index is 889. The van der Waals surface area contributed by atoms with Gasteiger partial charge in [-0.3, -0.25) is 14.4 Å². The second kappa shape index (κ2) is 8.56. The normalized spacial score (nSPS) is 12.8. The molecule has 4 N–H and O–H groups in total. The monoisotopic (exact) mass is 380 g/mol. The Morgan fingerprint density at radius 2 is 1.50 bits per heavy atom. The fourth-order valence-corrected chi connectivity index (χ4v) is 2.74.